The maximum Gasteiger partial charge on any atom is 0.407 e. The molecule has 3 rings (SSSR count). The van der Waals surface area contributed by atoms with Crippen molar-refractivity contribution in [2.75, 3.05) is 53.5 Å². The normalized spacial score (nSPS) is 10.6. The Balaban J connectivity index is 1.95. The molecular formula is C26H32N2O9. The summed E-state index contributed by atoms with van der Waals surface area (Å²) in [5, 5.41) is 16.7. The second-order valence-electron chi connectivity index (χ2n) is 7.89. The largest absolute Gasteiger partial charge is 0.502 e. The molecule has 0 saturated carbocycles. The molecule has 0 radical (unpaired) electrons. The Morgan fingerprint density at radius 2 is 1.62 bits per heavy atom. The Morgan fingerprint density at radius 3 is 2.22 bits per heavy atom. The van der Waals surface area contributed by atoms with E-state index in [1.165, 1.54) is 46.6 Å². The molecule has 0 aliphatic carbocycles. The van der Waals surface area contributed by atoms with Crippen LogP contribution in [0.5, 0.6) is 28.7 Å². The van der Waals surface area contributed by atoms with Crippen LogP contribution < -0.4 is 29.6 Å². The zero-order valence-corrected chi connectivity index (χ0v) is 21.6. The number of benzene rings is 2. The molecule has 11 heteroatoms. The van der Waals surface area contributed by atoms with Gasteiger partial charge in [-0.05, 0) is 30.7 Å². The van der Waals surface area contributed by atoms with Gasteiger partial charge in [0.15, 0.2) is 28.6 Å². The third kappa shape index (κ3) is 5.93. The van der Waals surface area contributed by atoms with Gasteiger partial charge >= 0.3 is 6.09 Å². The highest BCUT2D eigenvalue weighted by molar-refractivity contribution is 6.20. The van der Waals surface area contributed by atoms with Crippen LogP contribution in [-0.4, -0.2) is 65.1 Å². The fourth-order valence-corrected chi connectivity index (χ4v) is 3.70. The van der Waals surface area contributed by atoms with E-state index < -0.39 is 11.9 Å². The number of phenolic OH excluding ortho intramolecular Hbond substituents is 1. The van der Waals surface area contributed by atoms with Crippen molar-refractivity contribution in [1.29, 1.82) is 0 Å². The summed E-state index contributed by atoms with van der Waals surface area (Å²) < 4.78 is 32.2. The fourth-order valence-electron chi connectivity index (χ4n) is 3.70. The van der Waals surface area contributed by atoms with Crippen LogP contribution in [0.15, 0.2) is 28.7 Å². The topological polar surface area (TPSA) is 138 Å². The summed E-state index contributed by atoms with van der Waals surface area (Å²) in [5.74, 6) is 0.595. The predicted octanol–water partition coefficient (Wildman–Crippen LogP) is 4.34. The number of phenols is 1. The SMILES string of the molecule is CCCCOC(=O)NCCNc1oc2c(O)c(OC)ccc2c1C(=O)c1cc(OC)c(OC)c(OC)c1. The number of alkyl carbamates (subject to hydrolysis) is 1. The molecule has 0 unspecified atom stereocenters. The van der Waals surface area contributed by atoms with Crippen LogP contribution in [0.4, 0.5) is 10.7 Å². The van der Waals surface area contributed by atoms with Crippen molar-refractivity contribution in [1.82, 2.24) is 5.32 Å². The number of nitrogens with one attached hydrogen (secondary N) is 2. The van der Waals surface area contributed by atoms with Crippen LogP contribution in [0, 0.1) is 0 Å². The van der Waals surface area contributed by atoms with Gasteiger partial charge in [0.2, 0.25) is 17.4 Å². The molecule has 11 nitrogen and oxygen atoms in total. The van der Waals surface area contributed by atoms with E-state index in [0.29, 0.717) is 29.2 Å². The molecule has 0 aliphatic heterocycles. The lowest BCUT2D eigenvalue weighted by molar-refractivity contribution is 0.103. The van der Waals surface area contributed by atoms with Crippen molar-refractivity contribution in [3.8, 4) is 28.7 Å². The van der Waals surface area contributed by atoms with E-state index in [4.69, 9.17) is 28.1 Å². The summed E-state index contributed by atoms with van der Waals surface area (Å²) in [6.45, 7) is 2.77. The summed E-state index contributed by atoms with van der Waals surface area (Å²) in [6, 6.07) is 6.22. The average Bonchev–Trinajstić information content (AvgIpc) is 3.29. The molecule has 3 N–H and O–H groups in total. The van der Waals surface area contributed by atoms with Crippen LogP contribution in [0.3, 0.4) is 0 Å². The summed E-state index contributed by atoms with van der Waals surface area (Å²) in [4.78, 5) is 25.6. The molecule has 1 amide bonds. The molecule has 1 aromatic heterocycles. The number of rotatable bonds is 13. The van der Waals surface area contributed by atoms with E-state index in [9.17, 15) is 14.7 Å². The fraction of sp³-hybridized carbons (Fsp3) is 0.385. The minimum Gasteiger partial charge on any atom is -0.502 e. The standard InChI is InChI=1S/C26H32N2O9/c1-6-7-12-36-26(31)28-11-10-27-25-20(16-8-9-17(32-2)22(30)23(16)37-25)21(29)15-13-18(33-3)24(35-5)19(14-15)34-4/h8-9,13-14,27,30H,6-7,10-12H2,1-5H3,(H,28,31). The van der Waals surface area contributed by atoms with Gasteiger partial charge in [-0.15, -0.1) is 0 Å². The van der Waals surface area contributed by atoms with Crippen molar-refractivity contribution >= 4 is 28.7 Å². The summed E-state index contributed by atoms with van der Waals surface area (Å²) >= 11 is 0. The lowest BCUT2D eigenvalue weighted by atomic mass is 10.0. The van der Waals surface area contributed by atoms with Crippen LogP contribution in [-0.2, 0) is 4.74 Å². The van der Waals surface area contributed by atoms with Crippen molar-refractivity contribution < 1.29 is 42.8 Å². The second kappa shape index (κ2) is 12.6. The number of fused-ring (bicyclic) bond motifs is 1. The molecule has 0 spiro atoms. The van der Waals surface area contributed by atoms with E-state index in [0.717, 1.165) is 12.8 Å². The van der Waals surface area contributed by atoms with E-state index >= 15 is 0 Å². The molecule has 0 saturated heterocycles. The molecule has 200 valence electrons. The molecule has 0 bridgehead atoms. The number of hydrogen-bond acceptors (Lipinski definition) is 10. The average molecular weight is 517 g/mol. The van der Waals surface area contributed by atoms with E-state index in [1.54, 1.807) is 6.07 Å². The third-order valence-corrected chi connectivity index (χ3v) is 5.58. The third-order valence-electron chi connectivity index (χ3n) is 5.58. The predicted molar refractivity (Wildman–Crippen MR) is 137 cm³/mol. The first-order valence-electron chi connectivity index (χ1n) is 11.7. The lowest BCUT2D eigenvalue weighted by Gasteiger charge is -2.14. The first-order chi connectivity index (χ1) is 17.9. The Bertz CT molecular complexity index is 1230. The van der Waals surface area contributed by atoms with Gasteiger partial charge in [0.25, 0.3) is 0 Å². The highest BCUT2D eigenvalue weighted by Crippen LogP contribution is 2.43. The smallest absolute Gasteiger partial charge is 0.407 e. The minimum absolute atomic E-state index is 0.0737. The highest BCUT2D eigenvalue weighted by Gasteiger charge is 2.27. The quantitative estimate of drug-likeness (QED) is 0.222. The number of furan rings is 1. The van der Waals surface area contributed by atoms with Crippen molar-refractivity contribution in [2.24, 2.45) is 0 Å². The number of ether oxygens (including phenoxy) is 5. The number of carbonyl (C=O) groups is 2. The number of methoxy groups -OCH3 is 4. The van der Waals surface area contributed by atoms with Crippen molar-refractivity contribution in [3.63, 3.8) is 0 Å². The molecular weight excluding hydrogens is 484 g/mol. The van der Waals surface area contributed by atoms with Gasteiger partial charge in [-0.3, -0.25) is 4.79 Å². The van der Waals surface area contributed by atoms with Crippen molar-refractivity contribution in [3.05, 3.63) is 35.4 Å². The maximum atomic E-state index is 13.8. The molecule has 3 aromatic rings. The van der Waals surface area contributed by atoms with Crippen LogP contribution >= 0.6 is 0 Å². The summed E-state index contributed by atoms with van der Waals surface area (Å²) in [6.07, 6.45) is 1.17. The summed E-state index contributed by atoms with van der Waals surface area (Å²) in [7, 11) is 5.79. The summed E-state index contributed by atoms with van der Waals surface area (Å²) in [5.41, 5.74) is 0.491. The van der Waals surface area contributed by atoms with Crippen LogP contribution in [0.25, 0.3) is 11.0 Å². The second-order valence-corrected chi connectivity index (χ2v) is 7.89. The Hall–Kier alpha value is -4.28. The number of unbranched alkanes of at least 4 members (excludes halogenated alkanes) is 1. The molecule has 0 atom stereocenters. The van der Waals surface area contributed by atoms with Crippen molar-refractivity contribution in [2.45, 2.75) is 19.8 Å². The zero-order chi connectivity index (χ0) is 26.9. The van der Waals surface area contributed by atoms with Crippen LogP contribution in [0.1, 0.15) is 35.7 Å². The van der Waals surface area contributed by atoms with E-state index in [1.807, 2.05) is 6.92 Å². The Kier molecular flexibility index (Phi) is 9.31. The molecule has 37 heavy (non-hydrogen) atoms. The number of anilines is 1. The molecule has 2 aromatic carbocycles. The first-order valence-corrected chi connectivity index (χ1v) is 11.7. The molecule has 1 heterocycles. The van der Waals surface area contributed by atoms with Gasteiger partial charge in [0, 0.05) is 24.0 Å². The Labute approximate surface area is 214 Å². The van der Waals surface area contributed by atoms with Gasteiger partial charge < -0.3 is 43.8 Å². The number of aromatic hydroxyl groups is 1. The molecule has 0 aliphatic rings. The first kappa shape index (κ1) is 27.3. The Morgan fingerprint density at radius 1 is 0.946 bits per heavy atom. The minimum atomic E-state index is -0.532. The van der Waals surface area contributed by atoms with Gasteiger partial charge in [-0.25, -0.2) is 4.79 Å². The zero-order valence-electron chi connectivity index (χ0n) is 21.6. The lowest BCUT2D eigenvalue weighted by Crippen LogP contribution is -2.29. The maximum absolute atomic E-state index is 13.8. The monoisotopic (exact) mass is 516 g/mol. The number of amides is 1. The highest BCUT2D eigenvalue weighted by atomic mass is 16.5. The van der Waals surface area contributed by atoms with E-state index in [2.05, 4.69) is 10.6 Å². The number of carbonyl (C=O) groups excluding carboxylic acids is 2. The van der Waals surface area contributed by atoms with E-state index in [-0.39, 0.29) is 47.2 Å². The van der Waals surface area contributed by atoms with Gasteiger partial charge in [-0.1, -0.05) is 13.3 Å². The van der Waals surface area contributed by atoms with Gasteiger partial charge in [-0.2, -0.15) is 0 Å². The molecule has 0 fully saturated rings. The van der Waals surface area contributed by atoms with Gasteiger partial charge in [0.1, 0.15) is 0 Å². The van der Waals surface area contributed by atoms with Crippen LogP contribution in [0.2, 0.25) is 0 Å². The van der Waals surface area contributed by atoms with Gasteiger partial charge in [0.05, 0.1) is 40.6 Å². The number of ketones is 1. The number of hydrogen-bond donors (Lipinski definition) is 3.